The summed E-state index contributed by atoms with van der Waals surface area (Å²) in [6, 6.07) is 0.111. The van der Waals surface area contributed by atoms with Crippen LogP contribution in [0.5, 0.6) is 0 Å². The van der Waals surface area contributed by atoms with Gasteiger partial charge in [-0.05, 0) is 19.3 Å². The van der Waals surface area contributed by atoms with Crippen molar-refractivity contribution in [3.63, 3.8) is 0 Å². The summed E-state index contributed by atoms with van der Waals surface area (Å²) in [5.74, 6) is 0. The lowest BCUT2D eigenvalue weighted by Gasteiger charge is -2.30. The lowest BCUT2D eigenvalue weighted by Crippen LogP contribution is -2.46. The number of aliphatic hydroxyl groups is 1. The highest BCUT2D eigenvalue weighted by Crippen LogP contribution is 2.22. The predicted molar refractivity (Wildman–Crippen MR) is 72.5 cm³/mol. The van der Waals surface area contributed by atoms with Crippen LogP contribution in [0.25, 0.3) is 0 Å². The minimum absolute atomic E-state index is 0.104. The molecule has 5 nitrogen and oxygen atoms in total. The molecule has 0 heterocycles. The normalized spacial score (nSPS) is 20.2. The molecule has 0 bridgehead atoms. The second-order valence-electron chi connectivity index (χ2n) is 5.10. The van der Waals surface area contributed by atoms with Crippen molar-refractivity contribution in [2.75, 3.05) is 13.6 Å². The van der Waals surface area contributed by atoms with Crippen molar-refractivity contribution >= 4 is 10.2 Å². The molecule has 1 unspecified atom stereocenters. The van der Waals surface area contributed by atoms with Crippen LogP contribution in [-0.2, 0) is 10.2 Å². The van der Waals surface area contributed by atoms with Gasteiger partial charge in [-0.3, -0.25) is 0 Å². The molecular formula is C12H26N2O3S. The van der Waals surface area contributed by atoms with Crippen molar-refractivity contribution in [1.82, 2.24) is 9.03 Å². The summed E-state index contributed by atoms with van der Waals surface area (Å²) < 4.78 is 28.0. The van der Waals surface area contributed by atoms with Gasteiger partial charge in [0.2, 0.25) is 0 Å². The fourth-order valence-corrected chi connectivity index (χ4v) is 3.59. The molecule has 6 heteroatoms. The predicted octanol–water partition coefficient (Wildman–Crippen LogP) is 1.25. The zero-order valence-corrected chi connectivity index (χ0v) is 12.2. The van der Waals surface area contributed by atoms with E-state index in [2.05, 4.69) is 4.72 Å². The van der Waals surface area contributed by atoms with Gasteiger partial charge in [0.25, 0.3) is 10.2 Å². The SMILES string of the molecule is CCCC(O)CNS(=O)(=O)N(C)C1CCCCC1. The molecule has 0 aromatic carbocycles. The minimum Gasteiger partial charge on any atom is -0.392 e. The first-order chi connectivity index (χ1) is 8.47. The zero-order chi connectivity index (χ0) is 13.6. The van der Waals surface area contributed by atoms with Crippen LogP contribution < -0.4 is 4.72 Å². The minimum atomic E-state index is -3.45. The Bertz CT molecular complexity index is 326. The van der Waals surface area contributed by atoms with Gasteiger partial charge in [0, 0.05) is 19.6 Å². The molecular weight excluding hydrogens is 252 g/mol. The van der Waals surface area contributed by atoms with E-state index in [0.717, 1.165) is 32.1 Å². The Labute approximate surface area is 111 Å². The van der Waals surface area contributed by atoms with E-state index in [1.165, 1.54) is 10.7 Å². The number of nitrogens with zero attached hydrogens (tertiary/aromatic N) is 1. The van der Waals surface area contributed by atoms with E-state index in [0.29, 0.717) is 6.42 Å². The van der Waals surface area contributed by atoms with Gasteiger partial charge in [0.05, 0.1) is 6.10 Å². The largest absolute Gasteiger partial charge is 0.392 e. The van der Waals surface area contributed by atoms with Gasteiger partial charge in [-0.1, -0.05) is 32.6 Å². The van der Waals surface area contributed by atoms with E-state index in [1.807, 2.05) is 6.92 Å². The van der Waals surface area contributed by atoms with E-state index < -0.39 is 16.3 Å². The maximum absolute atomic E-state index is 12.0. The number of nitrogens with one attached hydrogen (secondary N) is 1. The monoisotopic (exact) mass is 278 g/mol. The number of aliphatic hydroxyl groups excluding tert-OH is 1. The third kappa shape index (κ3) is 4.84. The summed E-state index contributed by atoms with van der Waals surface area (Å²) in [6.45, 7) is 2.07. The number of hydrogen-bond donors (Lipinski definition) is 2. The van der Waals surface area contributed by atoms with Crippen LogP contribution in [-0.4, -0.2) is 43.6 Å². The van der Waals surface area contributed by atoms with Crippen molar-refractivity contribution < 1.29 is 13.5 Å². The molecule has 1 saturated carbocycles. The molecule has 0 amide bonds. The standard InChI is InChI=1S/C12H26N2O3S/c1-3-7-12(15)10-13-18(16,17)14(2)11-8-5-4-6-9-11/h11-13,15H,3-10H2,1-2H3. The summed E-state index contributed by atoms with van der Waals surface area (Å²) >= 11 is 0. The van der Waals surface area contributed by atoms with Crippen LogP contribution in [0.3, 0.4) is 0 Å². The molecule has 1 aliphatic carbocycles. The van der Waals surface area contributed by atoms with E-state index in [1.54, 1.807) is 7.05 Å². The van der Waals surface area contributed by atoms with Crippen LogP contribution in [0.1, 0.15) is 51.9 Å². The van der Waals surface area contributed by atoms with Gasteiger partial charge in [-0.25, -0.2) is 0 Å². The van der Waals surface area contributed by atoms with E-state index >= 15 is 0 Å². The summed E-state index contributed by atoms with van der Waals surface area (Å²) in [7, 11) is -1.82. The summed E-state index contributed by atoms with van der Waals surface area (Å²) in [5, 5.41) is 9.56. The van der Waals surface area contributed by atoms with Crippen LogP contribution in [0.15, 0.2) is 0 Å². The van der Waals surface area contributed by atoms with E-state index in [-0.39, 0.29) is 12.6 Å². The molecule has 1 fully saturated rings. The molecule has 1 rings (SSSR count). The van der Waals surface area contributed by atoms with Gasteiger partial charge in [0.15, 0.2) is 0 Å². The smallest absolute Gasteiger partial charge is 0.279 e. The van der Waals surface area contributed by atoms with Gasteiger partial charge in [-0.2, -0.15) is 17.4 Å². The second kappa shape index (κ2) is 7.43. The summed E-state index contributed by atoms with van der Waals surface area (Å²) in [6.07, 6.45) is 6.16. The van der Waals surface area contributed by atoms with Crippen LogP contribution in [0.2, 0.25) is 0 Å². The highest BCUT2D eigenvalue weighted by atomic mass is 32.2. The molecule has 0 radical (unpaired) electrons. The highest BCUT2D eigenvalue weighted by molar-refractivity contribution is 7.87. The number of rotatable bonds is 7. The lowest BCUT2D eigenvalue weighted by molar-refractivity contribution is 0.166. The third-order valence-electron chi connectivity index (χ3n) is 3.59. The Kier molecular flexibility index (Phi) is 6.55. The van der Waals surface area contributed by atoms with Crippen molar-refractivity contribution in [1.29, 1.82) is 0 Å². The Morgan fingerprint density at radius 2 is 1.94 bits per heavy atom. The average molecular weight is 278 g/mol. The number of hydrogen-bond acceptors (Lipinski definition) is 3. The van der Waals surface area contributed by atoms with Gasteiger partial charge < -0.3 is 5.11 Å². The average Bonchev–Trinajstić information content (AvgIpc) is 2.37. The van der Waals surface area contributed by atoms with Gasteiger partial charge in [0.1, 0.15) is 0 Å². The summed E-state index contributed by atoms with van der Waals surface area (Å²) in [5.41, 5.74) is 0. The zero-order valence-electron chi connectivity index (χ0n) is 11.4. The molecule has 0 aromatic heterocycles. The molecule has 1 aliphatic rings. The molecule has 18 heavy (non-hydrogen) atoms. The molecule has 0 spiro atoms. The maximum atomic E-state index is 12.0. The Morgan fingerprint density at radius 3 is 2.50 bits per heavy atom. The van der Waals surface area contributed by atoms with Crippen LogP contribution in [0, 0.1) is 0 Å². The van der Waals surface area contributed by atoms with Crippen molar-refractivity contribution in [3.8, 4) is 0 Å². The van der Waals surface area contributed by atoms with Crippen molar-refractivity contribution in [3.05, 3.63) is 0 Å². The highest BCUT2D eigenvalue weighted by Gasteiger charge is 2.27. The molecule has 0 aliphatic heterocycles. The Hall–Kier alpha value is -0.170. The van der Waals surface area contributed by atoms with Crippen molar-refractivity contribution in [2.45, 2.75) is 64.0 Å². The topological polar surface area (TPSA) is 69.6 Å². The first kappa shape index (κ1) is 15.9. The van der Waals surface area contributed by atoms with Crippen LogP contribution in [0.4, 0.5) is 0 Å². The third-order valence-corrected chi connectivity index (χ3v) is 5.18. The fourth-order valence-electron chi connectivity index (χ4n) is 2.38. The molecule has 1 atom stereocenters. The first-order valence-electron chi connectivity index (χ1n) is 6.88. The molecule has 108 valence electrons. The molecule has 2 N–H and O–H groups in total. The quantitative estimate of drug-likeness (QED) is 0.736. The summed E-state index contributed by atoms with van der Waals surface area (Å²) in [4.78, 5) is 0. The van der Waals surface area contributed by atoms with E-state index in [4.69, 9.17) is 0 Å². The Balaban J connectivity index is 2.46. The van der Waals surface area contributed by atoms with Gasteiger partial charge >= 0.3 is 0 Å². The van der Waals surface area contributed by atoms with E-state index in [9.17, 15) is 13.5 Å². The maximum Gasteiger partial charge on any atom is 0.279 e. The fraction of sp³-hybridized carbons (Fsp3) is 1.00. The first-order valence-corrected chi connectivity index (χ1v) is 8.32. The second-order valence-corrected chi connectivity index (χ2v) is 6.92. The van der Waals surface area contributed by atoms with Crippen LogP contribution >= 0.6 is 0 Å². The molecule has 0 saturated heterocycles. The molecule has 0 aromatic rings. The Morgan fingerprint density at radius 1 is 1.33 bits per heavy atom. The van der Waals surface area contributed by atoms with Gasteiger partial charge in [-0.15, -0.1) is 0 Å². The van der Waals surface area contributed by atoms with Crippen molar-refractivity contribution in [2.24, 2.45) is 0 Å². The lowest BCUT2D eigenvalue weighted by atomic mass is 9.96.